The van der Waals surface area contributed by atoms with Gasteiger partial charge in [-0.15, -0.1) is 24.0 Å². The lowest BCUT2D eigenvalue weighted by molar-refractivity contribution is 0.181. The Hall–Kier alpha value is -1.74. The topological polar surface area (TPSA) is 45.7 Å². The van der Waals surface area contributed by atoms with Crippen LogP contribution in [0.5, 0.6) is 0 Å². The Morgan fingerprint density at radius 3 is 2.41 bits per heavy atom. The second-order valence-corrected chi connectivity index (χ2v) is 5.99. The van der Waals surface area contributed by atoms with Gasteiger partial charge in [-0.3, -0.25) is 0 Å². The van der Waals surface area contributed by atoms with E-state index >= 15 is 0 Å². The molecule has 0 aliphatic rings. The van der Waals surface area contributed by atoms with E-state index in [0.29, 0.717) is 36.7 Å². The first-order chi connectivity index (χ1) is 12.5. The first kappa shape index (κ1) is 23.3. The predicted molar refractivity (Wildman–Crippen MR) is 115 cm³/mol. The third-order valence-corrected chi connectivity index (χ3v) is 3.86. The molecule has 0 aliphatic carbocycles. The second kappa shape index (κ2) is 11.9. The molecule has 0 saturated carbocycles. The number of nitrogens with zero attached hydrogens (tertiary/aromatic N) is 1. The van der Waals surface area contributed by atoms with Gasteiger partial charge in [-0.05, 0) is 48.7 Å². The number of nitrogens with one attached hydrogen (secondary N) is 2. The normalized spacial score (nSPS) is 11.1. The monoisotopic (exact) mass is 489 g/mol. The number of aryl methyl sites for hydroxylation is 1. The second-order valence-electron chi connectivity index (χ2n) is 5.99. The molecule has 0 aromatic heterocycles. The number of hydrogen-bond donors (Lipinski definition) is 2. The average Bonchev–Trinajstić information content (AvgIpc) is 2.63. The van der Waals surface area contributed by atoms with Crippen molar-refractivity contribution in [2.24, 2.45) is 4.99 Å². The summed E-state index contributed by atoms with van der Waals surface area (Å²) in [6, 6.07) is 9.92. The molecule has 2 aromatic rings. The Morgan fingerprint density at radius 2 is 1.74 bits per heavy atom. The standard InChI is InChI=1S/C20H25F2N3O.HI/c1-4-23-20(24-11-15-5-7-18(21)14(2)9-15)25-12-16-6-8-19(22)17(10-16)13-26-3;/h5-10H,4,11-13H2,1-3H3,(H2,23,24,25);1H. The number of aliphatic imine (C=N–C) groups is 1. The summed E-state index contributed by atoms with van der Waals surface area (Å²) >= 11 is 0. The summed E-state index contributed by atoms with van der Waals surface area (Å²) in [7, 11) is 1.54. The molecule has 27 heavy (non-hydrogen) atoms. The fraction of sp³-hybridized carbons (Fsp3) is 0.350. The molecule has 0 amide bonds. The van der Waals surface area contributed by atoms with Crippen LogP contribution in [0.1, 0.15) is 29.2 Å². The summed E-state index contributed by atoms with van der Waals surface area (Å²) in [5, 5.41) is 6.39. The molecule has 0 fully saturated rings. The van der Waals surface area contributed by atoms with Crippen molar-refractivity contribution < 1.29 is 13.5 Å². The van der Waals surface area contributed by atoms with Gasteiger partial charge in [0.25, 0.3) is 0 Å². The summed E-state index contributed by atoms with van der Waals surface area (Å²) in [5.74, 6) is 0.154. The van der Waals surface area contributed by atoms with E-state index in [-0.39, 0.29) is 42.2 Å². The van der Waals surface area contributed by atoms with Gasteiger partial charge in [0.1, 0.15) is 11.6 Å². The molecule has 2 aromatic carbocycles. The Kier molecular flexibility index (Phi) is 10.2. The molecule has 0 radical (unpaired) electrons. The van der Waals surface area contributed by atoms with E-state index < -0.39 is 0 Å². The van der Waals surface area contributed by atoms with E-state index in [2.05, 4.69) is 15.6 Å². The maximum atomic E-state index is 13.7. The summed E-state index contributed by atoms with van der Waals surface area (Å²) in [6.07, 6.45) is 0. The van der Waals surface area contributed by atoms with Crippen LogP contribution in [0.4, 0.5) is 8.78 Å². The summed E-state index contributed by atoms with van der Waals surface area (Å²) in [5.41, 5.74) is 3.00. The van der Waals surface area contributed by atoms with Gasteiger partial charge < -0.3 is 15.4 Å². The maximum Gasteiger partial charge on any atom is 0.191 e. The van der Waals surface area contributed by atoms with Crippen molar-refractivity contribution in [3.05, 3.63) is 70.3 Å². The fourth-order valence-corrected chi connectivity index (χ4v) is 2.51. The van der Waals surface area contributed by atoms with E-state index in [1.165, 1.54) is 19.2 Å². The van der Waals surface area contributed by atoms with Gasteiger partial charge in [0, 0.05) is 25.8 Å². The van der Waals surface area contributed by atoms with E-state index in [9.17, 15) is 8.78 Å². The lowest BCUT2D eigenvalue weighted by Crippen LogP contribution is -2.36. The van der Waals surface area contributed by atoms with Crippen LogP contribution < -0.4 is 10.6 Å². The van der Waals surface area contributed by atoms with Gasteiger partial charge in [-0.2, -0.15) is 0 Å². The molecule has 0 aliphatic heterocycles. The van der Waals surface area contributed by atoms with Crippen molar-refractivity contribution in [1.29, 1.82) is 0 Å². The predicted octanol–water partition coefficient (Wildman–Crippen LogP) is 4.29. The molecule has 0 heterocycles. The van der Waals surface area contributed by atoms with Crippen LogP contribution >= 0.6 is 24.0 Å². The Balaban J connectivity index is 0.00000364. The van der Waals surface area contributed by atoms with Crippen LogP contribution in [0.2, 0.25) is 0 Å². The van der Waals surface area contributed by atoms with Gasteiger partial charge >= 0.3 is 0 Å². The fourth-order valence-electron chi connectivity index (χ4n) is 2.51. The highest BCUT2D eigenvalue weighted by molar-refractivity contribution is 14.0. The minimum absolute atomic E-state index is 0. The first-order valence-electron chi connectivity index (χ1n) is 8.57. The molecule has 0 spiro atoms. The van der Waals surface area contributed by atoms with Crippen LogP contribution in [0.3, 0.4) is 0 Å². The molecule has 0 bridgehead atoms. The number of hydrogen-bond acceptors (Lipinski definition) is 2. The number of ether oxygens (including phenoxy) is 1. The number of benzene rings is 2. The van der Waals surface area contributed by atoms with Crippen LogP contribution in [0, 0.1) is 18.6 Å². The third kappa shape index (κ3) is 7.42. The zero-order valence-electron chi connectivity index (χ0n) is 15.8. The van der Waals surface area contributed by atoms with Gasteiger partial charge in [-0.25, -0.2) is 13.8 Å². The maximum absolute atomic E-state index is 13.7. The quantitative estimate of drug-likeness (QED) is 0.347. The summed E-state index contributed by atoms with van der Waals surface area (Å²) < 4.78 is 32.0. The lowest BCUT2D eigenvalue weighted by atomic mass is 10.1. The van der Waals surface area contributed by atoms with Crippen LogP contribution in [-0.2, 0) is 24.4 Å². The molecule has 2 N–H and O–H groups in total. The largest absolute Gasteiger partial charge is 0.380 e. The number of guanidine groups is 1. The van der Waals surface area contributed by atoms with Gasteiger partial charge in [-0.1, -0.05) is 18.2 Å². The molecular formula is C20H26F2IN3O. The summed E-state index contributed by atoms with van der Waals surface area (Å²) in [6.45, 7) is 5.61. The number of methoxy groups -OCH3 is 1. The molecular weight excluding hydrogens is 463 g/mol. The smallest absolute Gasteiger partial charge is 0.191 e. The molecule has 0 unspecified atom stereocenters. The molecule has 2 rings (SSSR count). The Morgan fingerprint density at radius 1 is 1.04 bits per heavy atom. The van der Waals surface area contributed by atoms with Gasteiger partial charge in [0.05, 0.1) is 13.2 Å². The van der Waals surface area contributed by atoms with Crippen LogP contribution in [-0.4, -0.2) is 19.6 Å². The highest BCUT2D eigenvalue weighted by Gasteiger charge is 2.05. The minimum Gasteiger partial charge on any atom is -0.380 e. The molecule has 148 valence electrons. The van der Waals surface area contributed by atoms with Crippen molar-refractivity contribution >= 4 is 29.9 Å². The Labute approximate surface area is 176 Å². The minimum atomic E-state index is -0.275. The van der Waals surface area contributed by atoms with Crippen molar-refractivity contribution in [2.45, 2.75) is 33.5 Å². The highest BCUT2D eigenvalue weighted by atomic mass is 127. The highest BCUT2D eigenvalue weighted by Crippen LogP contribution is 2.12. The van der Waals surface area contributed by atoms with Crippen molar-refractivity contribution in [1.82, 2.24) is 10.6 Å². The zero-order valence-corrected chi connectivity index (χ0v) is 18.1. The average molecular weight is 489 g/mol. The Bertz CT molecular complexity index is 769. The molecule has 0 saturated heterocycles. The first-order valence-corrected chi connectivity index (χ1v) is 8.57. The third-order valence-electron chi connectivity index (χ3n) is 3.86. The zero-order chi connectivity index (χ0) is 18.9. The van der Waals surface area contributed by atoms with E-state index in [0.717, 1.165) is 11.1 Å². The SMILES string of the molecule is CCNC(=NCc1ccc(F)c(C)c1)NCc1ccc(F)c(COC)c1.I. The molecule has 4 nitrogen and oxygen atoms in total. The van der Waals surface area contributed by atoms with Crippen molar-refractivity contribution in [3.8, 4) is 0 Å². The van der Waals surface area contributed by atoms with Crippen LogP contribution in [0.15, 0.2) is 41.4 Å². The lowest BCUT2D eigenvalue weighted by Gasteiger charge is -2.12. The van der Waals surface area contributed by atoms with E-state index in [4.69, 9.17) is 4.74 Å². The van der Waals surface area contributed by atoms with E-state index in [1.807, 2.05) is 6.92 Å². The van der Waals surface area contributed by atoms with Crippen molar-refractivity contribution in [3.63, 3.8) is 0 Å². The summed E-state index contributed by atoms with van der Waals surface area (Å²) in [4.78, 5) is 4.52. The molecule has 0 atom stereocenters. The number of halogens is 3. The van der Waals surface area contributed by atoms with Gasteiger partial charge in [0.15, 0.2) is 5.96 Å². The van der Waals surface area contributed by atoms with Crippen LogP contribution in [0.25, 0.3) is 0 Å². The van der Waals surface area contributed by atoms with Crippen molar-refractivity contribution in [2.75, 3.05) is 13.7 Å². The molecule has 7 heteroatoms. The number of rotatable bonds is 7. The van der Waals surface area contributed by atoms with Gasteiger partial charge in [0.2, 0.25) is 0 Å². The van der Waals surface area contributed by atoms with E-state index in [1.54, 1.807) is 31.2 Å².